The number of alkyl carbamates (subject to hydrolysis) is 1. The van der Waals surface area contributed by atoms with Gasteiger partial charge in [0, 0.05) is 75.1 Å². The number of rotatable bonds is 13. The van der Waals surface area contributed by atoms with Crippen molar-refractivity contribution < 1.29 is 33.3 Å². The molecule has 6 aromatic rings. The molecule has 56 heavy (non-hydrogen) atoms. The first-order valence-electron chi connectivity index (χ1n) is 18.1. The van der Waals surface area contributed by atoms with Crippen LogP contribution >= 0.6 is 23.4 Å². The molecule has 0 saturated heterocycles. The highest BCUT2D eigenvalue weighted by Gasteiger charge is 2.28. The van der Waals surface area contributed by atoms with Crippen LogP contribution in [0, 0.1) is 19.7 Å². The lowest BCUT2D eigenvalue weighted by atomic mass is 9.96. The average molecular weight is 805 g/mol. The molecule has 0 radical (unpaired) electrons. The third-order valence-electron chi connectivity index (χ3n) is 9.47. The summed E-state index contributed by atoms with van der Waals surface area (Å²) < 4.78 is 36.9. The van der Waals surface area contributed by atoms with Crippen LogP contribution in [0.4, 0.5) is 9.18 Å². The van der Waals surface area contributed by atoms with Crippen LogP contribution in [0.2, 0.25) is 5.02 Å². The van der Waals surface area contributed by atoms with Crippen molar-refractivity contribution in [2.45, 2.75) is 77.0 Å². The summed E-state index contributed by atoms with van der Waals surface area (Å²) in [5.41, 5.74) is 5.58. The first-order chi connectivity index (χ1) is 26.6. The lowest BCUT2D eigenvalue weighted by Gasteiger charge is -2.19. The molecule has 15 heteroatoms. The number of hydrogen-bond donors (Lipinski definition) is 2. The van der Waals surface area contributed by atoms with Gasteiger partial charge in [-0.1, -0.05) is 11.6 Å². The minimum atomic E-state index is -0.666. The third kappa shape index (κ3) is 8.52. The fraction of sp³-hybridized carbons (Fsp3) is 0.366. The maximum atomic E-state index is 14.4. The monoisotopic (exact) mass is 804 g/mol. The summed E-state index contributed by atoms with van der Waals surface area (Å²) in [7, 11) is 5.01. The molecule has 3 aromatic heterocycles. The number of halogens is 2. The van der Waals surface area contributed by atoms with E-state index in [0.29, 0.717) is 69.7 Å². The van der Waals surface area contributed by atoms with E-state index in [0.717, 1.165) is 38.1 Å². The number of amides is 1. The van der Waals surface area contributed by atoms with Crippen molar-refractivity contribution in [3.05, 3.63) is 93.4 Å². The summed E-state index contributed by atoms with van der Waals surface area (Å²) in [6.45, 7) is 9.84. The van der Waals surface area contributed by atoms with E-state index in [4.69, 9.17) is 30.9 Å². The maximum Gasteiger partial charge on any atom is 0.407 e. The number of methoxy groups -OCH3 is 1. The summed E-state index contributed by atoms with van der Waals surface area (Å²) in [6.07, 6.45) is -0.0533. The SMILES string of the molecule is COC(=O)c1c(C)c2c(-c3c(CNC(=O)OC(C)(C)C)nn(C)c3C)c(Cl)ccc2n1CCCOc1cc(SCc2cc(CO)nn2C)cc2cc(F)ccc12. The van der Waals surface area contributed by atoms with Gasteiger partial charge in [-0.2, -0.15) is 10.2 Å². The molecule has 6 rings (SSSR count). The van der Waals surface area contributed by atoms with Crippen LogP contribution < -0.4 is 10.1 Å². The molecule has 3 heterocycles. The van der Waals surface area contributed by atoms with E-state index >= 15 is 0 Å². The molecule has 3 aromatic carbocycles. The zero-order chi connectivity index (χ0) is 40.5. The van der Waals surface area contributed by atoms with Crippen molar-refractivity contribution in [3.8, 4) is 16.9 Å². The van der Waals surface area contributed by atoms with Gasteiger partial charge in [0.1, 0.15) is 22.9 Å². The van der Waals surface area contributed by atoms with Crippen LogP contribution in [-0.2, 0) is 49.0 Å². The number of aryl methyl sites for hydroxylation is 4. The van der Waals surface area contributed by atoms with E-state index < -0.39 is 17.7 Å². The number of aliphatic hydroxyl groups excluding tert-OH is 1. The van der Waals surface area contributed by atoms with Gasteiger partial charge < -0.3 is 29.2 Å². The smallest absolute Gasteiger partial charge is 0.407 e. The fourth-order valence-corrected chi connectivity index (χ4v) is 8.11. The molecule has 0 spiro atoms. The Morgan fingerprint density at radius 2 is 1.79 bits per heavy atom. The van der Waals surface area contributed by atoms with E-state index in [1.165, 1.54) is 19.2 Å². The zero-order valence-corrected chi connectivity index (χ0v) is 34.3. The number of fused-ring (bicyclic) bond motifs is 2. The molecule has 0 aliphatic heterocycles. The minimum Gasteiger partial charge on any atom is -0.493 e. The Morgan fingerprint density at radius 3 is 2.48 bits per heavy atom. The van der Waals surface area contributed by atoms with Crippen molar-refractivity contribution >= 4 is 57.1 Å². The average Bonchev–Trinajstić information content (AvgIpc) is 3.75. The number of thioether (sulfide) groups is 1. The molecular weight excluding hydrogens is 759 g/mol. The zero-order valence-electron chi connectivity index (χ0n) is 32.8. The lowest BCUT2D eigenvalue weighted by molar-refractivity contribution is 0.0521. The van der Waals surface area contributed by atoms with Crippen LogP contribution in [0.5, 0.6) is 5.75 Å². The van der Waals surface area contributed by atoms with E-state index in [2.05, 4.69) is 10.4 Å². The van der Waals surface area contributed by atoms with Gasteiger partial charge in [0.25, 0.3) is 0 Å². The Bertz CT molecular complexity index is 2450. The van der Waals surface area contributed by atoms with Crippen molar-refractivity contribution in [1.82, 2.24) is 29.4 Å². The van der Waals surface area contributed by atoms with Gasteiger partial charge in [0.2, 0.25) is 0 Å². The number of ether oxygens (including phenoxy) is 3. The van der Waals surface area contributed by atoms with E-state index in [-0.39, 0.29) is 19.0 Å². The summed E-state index contributed by atoms with van der Waals surface area (Å²) in [5, 5.41) is 24.0. The number of carbonyl (C=O) groups excluding carboxylic acids is 2. The van der Waals surface area contributed by atoms with Crippen LogP contribution in [0.25, 0.3) is 32.8 Å². The molecule has 0 atom stereocenters. The minimum absolute atomic E-state index is 0.0919. The van der Waals surface area contributed by atoms with Gasteiger partial charge in [0.15, 0.2) is 0 Å². The molecule has 0 unspecified atom stereocenters. The summed E-state index contributed by atoms with van der Waals surface area (Å²) >= 11 is 8.55. The largest absolute Gasteiger partial charge is 0.493 e. The second-order valence-corrected chi connectivity index (χ2v) is 16.0. The van der Waals surface area contributed by atoms with Crippen LogP contribution in [-0.4, -0.2) is 60.6 Å². The summed E-state index contributed by atoms with van der Waals surface area (Å²) in [6, 6.07) is 14.0. The lowest BCUT2D eigenvalue weighted by Crippen LogP contribution is -2.32. The van der Waals surface area contributed by atoms with Crippen LogP contribution in [0.1, 0.15) is 66.0 Å². The van der Waals surface area contributed by atoms with Gasteiger partial charge in [-0.05, 0) is 101 Å². The van der Waals surface area contributed by atoms with Crippen molar-refractivity contribution in [3.63, 3.8) is 0 Å². The van der Waals surface area contributed by atoms with Gasteiger partial charge in [0.05, 0.1) is 38.3 Å². The summed E-state index contributed by atoms with van der Waals surface area (Å²) in [5.74, 6) is 0.365. The second-order valence-electron chi connectivity index (χ2n) is 14.5. The normalized spacial score (nSPS) is 11.8. The number of nitrogens with one attached hydrogen (secondary N) is 1. The first-order valence-corrected chi connectivity index (χ1v) is 19.5. The van der Waals surface area contributed by atoms with Crippen LogP contribution in [0.15, 0.2) is 53.4 Å². The molecule has 2 N–H and O–H groups in total. The third-order valence-corrected chi connectivity index (χ3v) is 10.8. The van der Waals surface area contributed by atoms with Gasteiger partial charge in [-0.3, -0.25) is 9.36 Å². The number of hydrogen-bond acceptors (Lipinski definition) is 9. The number of aliphatic hydroxyl groups is 1. The highest BCUT2D eigenvalue weighted by molar-refractivity contribution is 7.98. The Balaban J connectivity index is 1.29. The van der Waals surface area contributed by atoms with Crippen molar-refractivity contribution in [1.29, 1.82) is 0 Å². The highest BCUT2D eigenvalue weighted by atomic mass is 35.5. The maximum absolute atomic E-state index is 14.4. The quantitative estimate of drug-likeness (QED) is 0.0671. The second kappa shape index (κ2) is 16.6. The Morgan fingerprint density at radius 1 is 1.02 bits per heavy atom. The highest BCUT2D eigenvalue weighted by Crippen LogP contribution is 2.42. The number of carbonyl (C=O) groups is 2. The molecule has 296 valence electrons. The van der Waals surface area contributed by atoms with Crippen LogP contribution in [0.3, 0.4) is 0 Å². The molecule has 0 fully saturated rings. The van der Waals surface area contributed by atoms with Crippen molar-refractivity contribution in [2.75, 3.05) is 13.7 Å². The molecule has 0 bridgehead atoms. The molecular formula is C41H46ClFN6O6S. The number of esters is 1. The number of nitrogens with zero attached hydrogens (tertiary/aromatic N) is 5. The molecule has 0 saturated carbocycles. The summed E-state index contributed by atoms with van der Waals surface area (Å²) in [4.78, 5) is 26.9. The van der Waals surface area contributed by atoms with Crippen molar-refractivity contribution in [2.24, 2.45) is 14.1 Å². The predicted molar refractivity (Wildman–Crippen MR) is 216 cm³/mol. The number of aromatic nitrogens is 5. The Hall–Kier alpha value is -5.05. The topological polar surface area (TPSA) is 135 Å². The standard InChI is InChI=1S/C41H46ClFN6O6S/c1-23-35-33(13-12-31(42)37(35)36-24(2)47(6)46-32(36)20-44-40(52)55-41(3,4)5)49(38(23)39(51)53-8)14-9-15-54-34-19-29(17-25-16-26(43)10-11-30(25)34)56-22-28-18-27(21-50)45-48(28)7/h10-13,16-19,50H,9,14-15,20-22H2,1-8H3,(H,44,52). The van der Waals surface area contributed by atoms with Gasteiger partial charge in [-0.25, -0.2) is 14.0 Å². The van der Waals surface area contributed by atoms with Gasteiger partial charge >= 0.3 is 12.1 Å². The molecule has 1 amide bonds. The van der Waals surface area contributed by atoms with E-state index in [1.54, 1.807) is 54.0 Å². The fourth-order valence-electron chi connectivity index (χ4n) is 6.87. The molecule has 12 nitrogen and oxygen atoms in total. The Labute approximate surface area is 333 Å². The van der Waals surface area contributed by atoms with E-state index in [1.807, 2.05) is 56.8 Å². The number of benzene rings is 3. The first kappa shape index (κ1) is 40.6. The predicted octanol–water partition coefficient (Wildman–Crippen LogP) is 8.40. The molecule has 0 aliphatic carbocycles. The van der Waals surface area contributed by atoms with Gasteiger partial charge in [-0.15, -0.1) is 11.8 Å². The van der Waals surface area contributed by atoms with E-state index in [9.17, 15) is 19.1 Å². The molecule has 0 aliphatic rings. The Kier molecular flexibility index (Phi) is 12.0.